The zero-order valence-electron chi connectivity index (χ0n) is 11.9. The third kappa shape index (κ3) is 3.02. The Hall–Kier alpha value is -1.08. The van der Waals surface area contributed by atoms with Gasteiger partial charge in [0.1, 0.15) is 0 Å². The van der Waals surface area contributed by atoms with Crippen molar-refractivity contribution in [3.05, 3.63) is 47.5 Å². The molecule has 1 aliphatic carbocycles. The van der Waals surface area contributed by atoms with Crippen LogP contribution in [-0.2, 0) is 5.41 Å². The van der Waals surface area contributed by atoms with Crippen LogP contribution in [0.25, 0.3) is 0 Å². The zero-order valence-corrected chi connectivity index (χ0v) is 11.9. The largest absolute Gasteiger partial charge is 0.316 e. The topological polar surface area (TPSA) is 12.0 Å². The van der Waals surface area contributed by atoms with E-state index in [4.69, 9.17) is 0 Å². The SMILES string of the molecule is Cc1cccc(C2(CNCC(C)C)CC=CC2)c1. The monoisotopic (exact) mass is 243 g/mol. The first-order valence-electron chi connectivity index (χ1n) is 7.05. The summed E-state index contributed by atoms with van der Waals surface area (Å²) in [5.74, 6) is 0.717. The Morgan fingerprint density at radius 2 is 1.94 bits per heavy atom. The average Bonchev–Trinajstić information content (AvgIpc) is 2.78. The van der Waals surface area contributed by atoms with Gasteiger partial charge in [0.05, 0.1) is 0 Å². The molecule has 1 heteroatoms. The van der Waals surface area contributed by atoms with E-state index < -0.39 is 0 Å². The van der Waals surface area contributed by atoms with E-state index in [1.807, 2.05) is 0 Å². The molecule has 1 N–H and O–H groups in total. The maximum absolute atomic E-state index is 3.65. The third-order valence-corrected chi connectivity index (χ3v) is 3.83. The van der Waals surface area contributed by atoms with Gasteiger partial charge in [-0.15, -0.1) is 0 Å². The maximum atomic E-state index is 3.65. The number of hydrogen-bond donors (Lipinski definition) is 1. The molecule has 0 radical (unpaired) electrons. The number of hydrogen-bond acceptors (Lipinski definition) is 1. The van der Waals surface area contributed by atoms with E-state index in [1.165, 1.54) is 24.0 Å². The van der Waals surface area contributed by atoms with E-state index in [0.717, 1.165) is 13.1 Å². The van der Waals surface area contributed by atoms with Crippen LogP contribution in [0.2, 0.25) is 0 Å². The van der Waals surface area contributed by atoms with Crippen LogP contribution in [0.4, 0.5) is 0 Å². The van der Waals surface area contributed by atoms with Crippen LogP contribution in [0.5, 0.6) is 0 Å². The molecule has 0 spiro atoms. The molecule has 0 atom stereocenters. The Bertz CT molecular complexity index is 409. The van der Waals surface area contributed by atoms with Crippen molar-refractivity contribution in [1.82, 2.24) is 5.32 Å². The van der Waals surface area contributed by atoms with Crippen LogP contribution in [-0.4, -0.2) is 13.1 Å². The van der Waals surface area contributed by atoms with Gasteiger partial charge < -0.3 is 5.32 Å². The number of benzene rings is 1. The Labute approximate surface area is 111 Å². The average molecular weight is 243 g/mol. The van der Waals surface area contributed by atoms with E-state index in [1.54, 1.807) is 0 Å². The molecule has 0 saturated heterocycles. The molecule has 0 saturated carbocycles. The second kappa shape index (κ2) is 5.71. The smallest absolute Gasteiger partial charge is 0.0147 e. The Morgan fingerprint density at radius 3 is 2.56 bits per heavy atom. The number of rotatable bonds is 5. The van der Waals surface area contributed by atoms with Gasteiger partial charge in [0, 0.05) is 12.0 Å². The zero-order chi connectivity index (χ0) is 13.0. The summed E-state index contributed by atoms with van der Waals surface area (Å²) in [6.45, 7) is 8.90. The molecule has 1 aliphatic rings. The van der Waals surface area contributed by atoms with Crippen molar-refractivity contribution in [1.29, 1.82) is 0 Å². The van der Waals surface area contributed by atoms with Gasteiger partial charge in [0.15, 0.2) is 0 Å². The van der Waals surface area contributed by atoms with E-state index in [2.05, 4.69) is 62.5 Å². The van der Waals surface area contributed by atoms with Gasteiger partial charge in [0.25, 0.3) is 0 Å². The second-order valence-electron chi connectivity index (χ2n) is 6.05. The van der Waals surface area contributed by atoms with Crippen LogP contribution < -0.4 is 5.32 Å². The minimum atomic E-state index is 0.293. The van der Waals surface area contributed by atoms with Crippen molar-refractivity contribution in [3.63, 3.8) is 0 Å². The van der Waals surface area contributed by atoms with Crippen LogP contribution in [0.1, 0.15) is 37.8 Å². The summed E-state index contributed by atoms with van der Waals surface area (Å²) >= 11 is 0. The summed E-state index contributed by atoms with van der Waals surface area (Å²) in [7, 11) is 0. The molecule has 1 aromatic rings. The molecule has 1 nitrogen and oxygen atoms in total. The summed E-state index contributed by atoms with van der Waals surface area (Å²) in [6.07, 6.45) is 7.00. The lowest BCUT2D eigenvalue weighted by Crippen LogP contribution is -2.37. The van der Waals surface area contributed by atoms with Gasteiger partial charge in [-0.25, -0.2) is 0 Å². The van der Waals surface area contributed by atoms with Gasteiger partial charge in [-0.2, -0.15) is 0 Å². The highest BCUT2D eigenvalue weighted by molar-refractivity contribution is 5.33. The number of nitrogens with one attached hydrogen (secondary N) is 1. The lowest BCUT2D eigenvalue weighted by atomic mass is 9.77. The summed E-state index contributed by atoms with van der Waals surface area (Å²) < 4.78 is 0. The predicted octanol–water partition coefficient (Wildman–Crippen LogP) is 3.83. The van der Waals surface area contributed by atoms with Crippen LogP contribution in [0, 0.1) is 12.8 Å². The molecule has 2 rings (SSSR count). The van der Waals surface area contributed by atoms with Crippen molar-refractivity contribution in [2.24, 2.45) is 5.92 Å². The van der Waals surface area contributed by atoms with E-state index in [0.29, 0.717) is 11.3 Å². The third-order valence-electron chi connectivity index (χ3n) is 3.83. The Morgan fingerprint density at radius 1 is 1.22 bits per heavy atom. The highest BCUT2D eigenvalue weighted by atomic mass is 14.9. The highest BCUT2D eigenvalue weighted by Gasteiger charge is 2.32. The minimum absolute atomic E-state index is 0.293. The summed E-state index contributed by atoms with van der Waals surface area (Å²) in [5.41, 5.74) is 3.15. The first-order chi connectivity index (χ1) is 8.62. The van der Waals surface area contributed by atoms with Crippen molar-refractivity contribution in [2.75, 3.05) is 13.1 Å². The fourth-order valence-corrected chi connectivity index (χ4v) is 2.76. The fraction of sp³-hybridized carbons (Fsp3) is 0.529. The quantitative estimate of drug-likeness (QED) is 0.775. The molecule has 18 heavy (non-hydrogen) atoms. The standard InChI is InChI=1S/C17H25N/c1-14(2)12-18-13-17(9-4-5-10-17)16-8-6-7-15(3)11-16/h4-8,11,14,18H,9-10,12-13H2,1-3H3. The highest BCUT2D eigenvalue weighted by Crippen LogP contribution is 2.36. The molecule has 0 fully saturated rings. The van der Waals surface area contributed by atoms with Crippen molar-refractivity contribution < 1.29 is 0 Å². The van der Waals surface area contributed by atoms with Crippen molar-refractivity contribution in [2.45, 2.75) is 39.0 Å². The second-order valence-corrected chi connectivity index (χ2v) is 6.05. The normalized spacial score (nSPS) is 17.6. The van der Waals surface area contributed by atoms with E-state index in [-0.39, 0.29) is 0 Å². The van der Waals surface area contributed by atoms with Crippen LogP contribution in [0.15, 0.2) is 36.4 Å². The fourth-order valence-electron chi connectivity index (χ4n) is 2.76. The van der Waals surface area contributed by atoms with Crippen molar-refractivity contribution in [3.8, 4) is 0 Å². The minimum Gasteiger partial charge on any atom is -0.316 e. The molecule has 0 heterocycles. The van der Waals surface area contributed by atoms with Crippen LogP contribution in [0.3, 0.4) is 0 Å². The van der Waals surface area contributed by atoms with E-state index >= 15 is 0 Å². The van der Waals surface area contributed by atoms with Gasteiger partial charge in [-0.1, -0.05) is 55.8 Å². The van der Waals surface area contributed by atoms with Crippen LogP contribution >= 0.6 is 0 Å². The summed E-state index contributed by atoms with van der Waals surface area (Å²) in [5, 5.41) is 3.65. The molecule has 0 bridgehead atoms. The molecule has 1 aromatic carbocycles. The maximum Gasteiger partial charge on any atom is 0.0147 e. The lowest BCUT2D eigenvalue weighted by Gasteiger charge is -2.31. The Balaban J connectivity index is 2.12. The molecular formula is C17H25N. The Kier molecular flexibility index (Phi) is 4.23. The first-order valence-corrected chi connectivity index (χ1v) is 7.05. The van der Waals surface area contributed by atoms with Gasteiger partial charge in [-0.3, -0.25) is 0 Å². The number of allylic oxidation sites excluding steroid dienone is 2. The van der Waals surface area contributed by atoms with Gasteiger partial charge >= 0.3 is 0 Å². The molecule has 98 valence electrons. The predicted molar refractivity (Wildman–Crippen MR) is 78.9 cm³/mol. The molecular weight excluding hydrogens is 218 g/mol. The molecule has 0 unspecified atom stereocenters. The molecule has 0 aromatic heterocycles. The number of aryl methyl sites for hydroxylation is 1. The summed E-state index contributed by atoms with van der Waals surface area (Å²) in [4.78, 5) is 0. The van der Waals surface area contributed by atoms with E-state index in [9.17, 15) is 0 Å². The first kappa shape index (κ1) is 13.4. The van der Waals surface area contributed by atoms with Gasteiger partial charge in [-0.05, 0) is 37.8 Å². The molecule has 0 aliphatic heterocycles. The summed E-state index contributed by atoms with van der Waals surface area (Å²) in [6, 6.07) is 9.01. The van der Waals surface area contributed by atoms with Gasteiger partial charge in [0.2, 0.25) is 0 Å². The lowest BCUT2D eigenvalue weighted by molar-refractivity contribution is 0.402. The molecule has 0 amide bonds. The van der Waals surface area contributed by atoms with Crippen molar-refractivity contribution >= 4 is 0 Å².